The number of nitrogens with one attached hydrogen (secondary N) is 1. The molecule has 3 aromatic heterocycles. The fraction of sp³-hybridized carbons (Fsp3) is 0.366. The van der Waals surface area contributed by atoms with Gasteiger partial charge in [0.25, 0.3) is 5.91 Å². The number of benzene rings is 2. The molecule has 1 amide bonds. The largest absolute Gasteiger partial charge is 0.455 e. The molecule has 0 bridgehead atoms. The number of nitrogens with zero attached hydrogens (tertiary/aromatic N) is 5. The number of allylic oxidation sites excluding steroid dienone is 1. The number of H-pyrrole nitrogens is 1. The Morgan fingerprint density at radius 1 is 1.07 bits per heavy atom. The Morgan fingerprint density at radius 3 is 2.55 bits per heavy atom. The predicted molar refractivity (Wildman–Crippen MR) is 219 cm³/mol. The summed E-state index contributed by atoms with van der Waals surface area (Å²) in [5, 5.41) is 12.2. The van der Waals surface area contributed by atoms with Gasteiger partial charge in [-0.15, -0.1) is 12.6 Å². The summed E-state index contributed by atoms with van der Waals surface area (Å²) in [5.41, 5.74) is 12.9. The van der Waals surface area contributed by atoms with Gasteiger partial charge in [-0.1, -0.05) is 35.7 Å². The Bertz CT molecular complexity index is 2190. The van der Waals surface area contributed by atoms with Crippen molar-refractivity contribution in [2.45, 2.75) is 50.0 Å². The average molecular weight is 784 g/mol. The number of carbonyl (C=O) groups is 1. The normalized spacial score (nSPS) is 16.8. The number of aromatic amines is 1. The van der Waals surface area contributed by atoms with E-state index in [1.165, 1.54) is 54.7 Å². The van der Waals surface area contributed by atoms with E-state index < -0.39 is 10.8 Å². The molecule has 3 N–H and O–H groups in total. The zero-order valence-corrected chi connectivity index (χ0v) is 32.5. The molecule has 1 saturated heterocycles. The van der Waals surface area contributed by atoms with E-state index in [1.807, 2.05) is 42.6 Å². The molecule has 0 unspecified atom stereocenters. The zero-order valence-electron chi connectivity index (χ0n) is 30.9. The van der Waals surface area contributed by atoms with Gasteiger partial charge in [0.1, 0.15) is 29.9 Å². The van der Waals surface area contributed by atoms with Crippen LogP contribution in [0, 0.1) is 15.5 Å². The molecule has 0 atom stereocenters. The molecule has 4 heterocycles. The Balaban J connectivity index is 0.000000305. The molecule has 2 aromatic carbocycles. The summed E-state index contributed by atoms with van der Waals surface area (Å²) in [6.07, 6.45) is 12.9. The first kappa shape index (κ1) is 38.5. The number of thiol groups is 1. The van der Waals surface area contributed by atoms with Crippen LogP contribution in [0.25, 0.3) is 16.6 Å². The van der Waals surface area contributed by atoms with E-state index in [1.54, 1.807) is 36.7 Å². The van der Waals surface area contributed by atoms with E-state index >= 15 is 0 Å². The summed E-state index contributed by atoms with van der Waals surface area (Å²) in [6.45, 7) is 5.69. The predicted octanol–water partition coefficient (Wildman–Crippen LogP) is 8.37. The zero-order chi connectivity index (χ0) is 38.5. The van der Waals surface area contributed by atoms with Gasteiger partial charge >= 0.3 is 5.82 Å². The summed E-state index contributed by atoms with van der Waals surface area (Å²) in [7, 11) is 1.55. The van der Waals surface area contributed by atoms with Crippen LogP contribution in [-0.4, -0.2) is 76.7 Å². The lowest BCUT2D eigenvalue weighted by Crippen LogP contribution is -2.47. The number of amides is 1. The van der Waals surface area contributed by atoms with Crippen LogP contribution < -0.4 is 15.4 Å². The lowest BCUT2D eigenvalue weighted by molar-refractivity contribution is -0.392. The van der Waals surface area contributed by atoms with Crippen LogP contribution in [0.3, 0.4) is 0 Å². The Kier molecular flexibility index (Phi) is 11.8. The maximum absolute atomic E-state index is 12.2. The lowest BCUT2D eigenvalue weighted by Gasteiger charge is -2.47. The number of fused-ring (bicyclic) bond motifs is 1. The molecule has 288 valence electrons. The number of carbonyl (C=O) groups excluding carboxylic acids is 1. The number of hydrogen-bond donors (Lipinski definition) is 3. The lowest BCUT2D eigenvalue weighted by atomic mass is 9.59. The fourth-order valence-corrected chi connectivity index (χ4v) is 8.31. The van der Waals surface area contributed by atoms with Crippen LogP contribution in [0.2, 0.25) is 5.02 Å². The molecule has 1 aliphatic heterocycles. The molecule has 2 fully saturated rings. The van der Waals surface area contributed by atoms with E-state index in [-0.39, 0.29) is 5.82 Å². The maximum Gasteiger partial charge on any atom is 0.324 e. The highest BCUT2D eigenvalue weighted by molar-refractivity contribution is 7.80. The molecular formula is C41H46ClN7O5S. The van der Waals surface area contributed by atoms with Crippen LogP contribution in [0.1, 0.15) is 54.4 Å². The third-order valence-corrected chi connectivity index (χ3v) is 11.6. The van der Waals surface area contributed by atoms with E-state index in [9.17, 15) is 14.9 Å². The molecule has 1 saturated carbocycles. The topological polar surface area (TPSA) is 145 Å². The number of piperazine rings is 1. The Morgan fingerprint density at radius 2 is 1.85 bits per heavy atom. The highest BCUT2D eigenvalue weighted by atomic mass is 35.5. The second kappa shape index (κ2) is 16.9. The van der Waals surface area contributed by atoms with Crippen LogP contribution in [0.5, 0.6) is 11.5 Å². The smallest absolute Gasteiger partial charge is 0.324 e. The van der Waals surface area contributed by atoms with Gasteiger partial charge in [-0.2, -0.15) is 0 Å². The summed E-state index contributed by atoms with van der Waals surface area (Å²) >= 11 is 10.3. The molecule has 3 aliphatic rings. The third-order valence-electron chi connectivity index (χ3n) is 11.1. The van der Waals surface area contributed by atoms with Gasteiger partial charge in [0.15, 0.2) is 0 Å². The number of pyridine rings is 1. The quantitative estimate of drug-likeness (QED) is 0.0689. The summed E-state index contributed by atoms with van der Waals surface area (Å²) < 4.78 is 12.5. The Labute approximate surface area is 330 Å². The van der Waals surface area contributed by atoms with E-state index in [0.717, 1.165) is 54.5 Å². The average Bonchev–Trinajstić information content (AvgIpc) is 3.80. The van der Waals surface area contributed by atoms with Crippen LogP contribution in [0.4, 0.5) is 11.5 Å². The Hall–Kier alpha value is -4.82. The number of hydrogen-bond acceptors (Lipinski definition) is 9. The van der Waals surface area contributed by atoms with E-state index in [2.05, 4.69) is 44.5 Å². The first-order valence-corrected chi connectivity index (χ1v) is 19.4. The number of aromatic nitrogens is 3. The minimum atomic E-state index is -0.516. The number of ether oxygens (including phenoxy) is 2. The molecule has 8 rings (SSSR count). The standard InChI is InChI=1S/C34H36ClN5O2.C7H10N2O3S/c35-26-4-2-23(3-5-26)30-20-34(10-1-11-34)12-8-25(30)22-39-14-16-40(17-15-39)27-6-7-29(32(36)41)31(19-27)42-28-18-24-9-13-37-33(24)38-21-28;1-12-3-2-8-5-6(13)4-7(8)9(10)11/h2-7,9,13,18-19,21H,1,8,10-12,14-17,20,22H2,(H2,36,41)(H,37,38);4-5,13H,2-3H2,1H3. The minimum Gasteiger partial charge on any atom is -0.455 e. The number of anilines is 1. The van der Waals surface area contributed by atoms with Crippen molar-refractivity contribution in [3.8, 4) is 11.5 Å². The SMILES string of the molecule is COCCn1cc(S)cc1[N+](=O)[O-].NC(=O)c1ccc(N2CCN(CC3=C(c4ccc(Cl)cc4)CC4(CCC4)CC3)CC2)cc1Oc1cnc2[nH]ccc2c1. The van der Waals surface area contributed by atoms with E-state index in [4.69, 9.17) is 26.8 Å². The summed E-state index contributed by atoms with van der Waals surface area (Å²) in [5.74, 6) is 0.538. The van der Waals surface area contributed by atoms with Gasteiger partial charge < -0.3 is 35.2 Å². The van der Waals surface area contributed by atoms with Crippen molar-refractivity contribution in [1.82, 2.24) is 19.4 Å². The number of primary amides is 1. The van der Waals surface area contributed by atoms with Crippen molar-refractivity contribution in [1.29, 1.82) is 0 Å². The minimum absolute atomic E-state index is 0.0436. The molecule has 0 radical (unpaired) electrons. The number of rotatable bonds is 11. The van der Waals surface area contributed by atoms with Crippen LogP contribution in [0.15, 0.2) is 89.7 Å². The second-order valence-electron chi connectivity index (χ2n) is 14.6. The van der Waals surface area contributed by atoms with Crippen molar-refractivity contribution >= 4 is 58.2 Å². The molecule has 5 aromatic rings. The van der Waals surface area contributed by atoms with E-state index in [0.29, 0.717) is 40.5 Å². The monoisotopic (exact) mass is 783 g/mol. The van der Waals surface area contributed by atoms with Crippen LogP contribution >= 0.6 is 24.2 Å². The first-order valence-electron chi connectivity index (χ1n) is 18.6. The van der Waals surface area contributed by atoms with Crippen molar-refractivity contribution in [2.75, 3.05) is 51.3 Å². The second-order valence-corrected chi connectivity index (χ2v) is 15.6. The summed E-state index contributed by atoms with van der Waals surface area (Å²) in [4.78, 5) is 35.3. The molecule has 14 heteroatoms. The molecule has 12 nitrogen and oxygen atoms in total. The number of methoxy groups -OCH3 is 1. The fourth-order valence-electron chi connectivity index (χ4n) is 7.93. The molecule has 1 spiro atoms. The van der Waals surface area contributed by atoms with Crippen LogP contribution in [-0.2, 0) is 11.3 Å². The van der Waals surface area contributed by atoms with Gasteiger partial charge in [-0.3, -0.25) is 9.69 Å². The number of nitro groups is 1. The van der Waals surface area contributed by atoms with Gasteiger partial charge in [-0.05, 0) is 90.0 Å². The summed E-state index contributed by atoms with van der Waals surface area (Å²) in [6, 6.07) is 19.4. The molecule has 2 aliphatic carbocycles. The van der Waals surface area contributed by atoms with Gasteiger partial charge in [0.05, 0.1) is 23.3 Å². The van der Waals surface area contributed by atoms with Crippen molar-refractivity contribution in [3.05, 3.63) is 111 Å². The van der Waals surface area contributed by atoms with Gasteiger partial charge in [0.2, 0.25) is 0 Å². The van der Waals surface area contributed by atoms with Crippen molar-refractivity contribution in [3.63, 3.8) is 0 Å². The number of nitrogens with two attached hydrogens (primary N) is 1. The highest BCUT2D eigenvalue weighted by Crippen LogP contribution is 2.55. The maximum atomic E-state index is 12.2. The molecule has 55 heavy (non-hydrogen) atoms. The van der Waals surface area contributed by atoms with Gasteiger partial charge in [0, 0.05) is 74.3 Å². The highest BCUT2D eigenvalue weighted by Gasteiger charge is 2.41. The molecular weight excluding hydrogens is 738 g/mol. The first-order chi connectivity index (χ1) is 26.6. The number of halogens is 1. The van der Waals surface area contributed by atoms with Gasteiger partial charge in [-0.25, -0.2) is 9.55 Å². The van der Waals surface area contributed by atoms with Crippen molar-refractivity contribution in [2.24, 2.45) is 11.1 Å². The van der Waals surface area contributed by atoms with Crippen molar-refractivity contribution < 1.29 is 19.2 Å². The third kappa shape index (κ3) is 9.02.